The number of aromatic amines is 1. The van der Waals surface area contributed by atoms with E-state index in [-0.39, 0.29) is 15.7 Å². The second-order valence-electron chi connectivity index (χ2n) is 5.92. The number of ether oxygens (including phenoxy) is 1. The maximum Gasteiger partial charge on any atom is 0.167 e. The van der Waals surface area contributed by atoms with Crippen LogP contribution < -0.4 is 5.73 Å². The van der Waals surface area contributed by atoms with Gasteiger partial charge in [-0.25, -0.2) is 4.39 Å². The number of benzene rings is 1. The molecular weight excluding hydrogens is 368 g/mol. The Morgan fingerprint density at radius 1 is 1.36 bits per heavy atom. The molecule has 0 aliphatic carbocycles. The lowest BCUT2D eigenvalue weighted by molar-refractivity contribution is 0.0167. The number of hydrogen-bond acceptors (Lipinski definition) is 4. The third-order valence-corrected chi connectivity index (χ3v) is 4.84. The van der Waals surface area contributed by atoms with Crippen molar-refractivity contribution < 1.29 is 13.9 Å². The monoisotopic (exact) mass is 389 g/mol. The molecule has 1 saturated heterocycles. The summed E-state index contributed by atoms with van der Waals surface area (Å²) < 4.78 is 18.6. The van der Waals surface area contributed by atoms with Crippen molar-refractivity contribution >= 4 is 40.4 Å². The van der Waals surface area contributed by atoms with Crippen molar-refractivity contribution in [2.24, 2.45) is 5.73 Å². The van der Waals surface area contributed by atoms with E-state index >= 15 is 0 Å². The summed E-state index contributed by atoms with van der Waals surface area (Å²) in [6.45, 7) is 3.69. The van der Waals surface area contributed by atoms with Crippen LogP contribution in [0.25, 0.3) is 10.9 Å². The lowest BCUT2D eigenvalue weighted by Crippen LogP contribution is -2.34. The summed E-state index contributed by atoms with van der Waals surface area (Å²) in [6, 6.07) is 2.70. The van der Waals surface area contributed by atoms with E-state index in [4.69, 9.17) is 33.7 Å². The number of aldehydes is 1. The molecule has 3 rings (SSSR count). The van der Waals surface area contributed by atoms with Crippen molar-refractivity contribution in [3.05, 3.63) is 33.7 Å². The maximum atomic E-state index is 13.0. The number of carbonyl (C=O) groups excluding carboxylic acids is 1. The zero-order chi connectivity index (χ0) is 18.4. The number of aromatic nitrogens is 1. The first-order chi connectivity index (χ1) is 12.0. The predicted octanol–water partition coefficient (Wildman–Crippen LogP) is 3.48. The number of fused-ring (bicyclic) bond motifs is 1. The van der Waals surface area contributed by atoms with Crippen LogP contribution in [0.15, 0.2) is 12.1 Å². The molecule has 1 aliphatic heterocycles. The molecule has 25 heavy (non-hydrogen) atoms. The van der Waals surface area contributed by atoms with Crippen molar-refractivity contribution in [1.29, 1.82) is 0 Å². The Morgan fingerprint density at radius 3 is 2.64 bits per heavy atom. The molecule has 138 valence electrons. The highest BCUT2D eigenvalue weighted by Gasteiger charge is 2.16. The summed E-state index contributed by atoms with van der Waals surface area (Å²) in [6.07, 6.45) is 3.36. The molecule has 5 nitrogen and oxygen atoms in total. The number of piperidine rings is 1. The van der Waals surface area contributed by atoms with Crippen molar-refractivity contribution in [3.8, 4) is 0 Å². The van der Waals surface area contributed by atoms with Crippen molar-refractivity contribution in [2.45, 2.75) is 18.9 Å². The van der Waals surface area contributed by atoms with Gasteiger partial charge < -0.3 is 20.4 Å². The van der Waals surface area contributed by atoms with E-state index in [9.17, 15) is 9.18 Å². The minimum Gasteiger partial charge on any atom is -0.377 e. The fourth-order valence-corrected chi connectivity index (χ4v) is 3.27. The molecule has 1 aromatic heterocycles. The molecular formula is C17H22Cl2FN3O2. The van der Waals surface area contributed by atoms with Crippen LogP contribution >= 0.6 is 23.2 Å². The van der Waals surface area contributed by atoms with E-state index in [2.05, 4.69) is 16.9 Å². The summed E-state index contributed by atoms with van der Waals surface area (Å²) >= 11 is 11.5. The molecule has 0 atom stereocenters. The van der Waals surface area contributed by atoms with Crippen LogP contribution in [0.2, 0.25) is 10.0 Å². The number of hydrogen-bond donors (Lipinski definition) is 2. The van der Waals surface area contributed by atoms with Gasteiger partial charge in [0.25, 0.3) is 0 Å². The van der Waals surface area contributed by atoms with Crippen LogP contribution in [-0.4, -0.2) is 55.6 Å². The average Bonchev–Trinajstić information content (AvgIpc) is 2.95. The van der Waals surface area contributed by atoms with Gasteiger partial charge in [-0.1, -0.05) is 23.2 Å². The smallest absolute Gasteiger partial charge is 0.167 e. The van der Waals surface area contributed by atoms with E-state index in [0.717, 1.165) is 25.9 Å². The van der Waals surface area contributed by atoms with Gasteiger partial charge in [-0.15, -0.1) is 0 Å². The van der Waals surface area contributed by atoms with Crippen molar-refractivity contribution in [2.75, 3.05) is 33.3 Å². The van der Waals surface area contributed by atoms with Crippen LogP contribution in [0, 0.1) is 5.82 Å². The largest absolute Gasteiger partial charge is 0.377 e. The first kappa shape index (κ1) is 20.1. The van der Waals surface area contributed by atoms with Crippen LogP contribution in [-0.2, 0) is 4.74 Å². The van der Waals surface area contributed by atoms with Gasteiger partial charge >= 0.3 is 0 Å². The van der Waals surface area contributed by atoms with Crippen molar-refractivity contribution in [1.82, 2.24) is 9.88 Å². The average molecular weight is 390 g/mol. The van der Waals surface area contributed by atoms with Crippen LogP contribution in [0.1, 0.15) is 23.3 Å². The fourth-order valence-electron chi connectivity index (χ4n) is 2.67. The van der Waals surface area contributed by atoms with E-state index in [1.54, 1.807) is 0 Å². The predicted molar refractivity (Wildman–Crippen MR) is 99.2 cm³/mol. The molecule has 0 amide bonds. The molecule has 1 fully saturated rings. The number of nitrogens with zero attached hydrogens (tertiary/aromatic N) is 1. The first-order valence-corrected chi connectivity index (χ1v) is 8.84. The molecule has 1 aliphatic rings. The number of rotatable bonds is 4. The van der Waals surface area contributed by atoms with Crippen molar-refractivity contribution in [3.63, 3.8) is 0 Å². The Kier molecular flexibility index (Phi) is 7.65. The number of nitrogens with one attached hydrogen (secondary N) is 1. The zero-order valence-corrected chi connectivity index (χ0v) is 15.5. The normalized spacial score (nSPS) is 15.9. The van der Waals surface area contributed by atoms with Gasteiger partial charge in [-0.2, -0.15) is 0 Å². The van der Waals surface area contributed by atoms with Crippen LogP contribution in [0.4, 0.5) is 4.39 Å². The molecule has 0 bridgehead atoms. The molecule has 8 heteroatoms. The Hall–Kier alpha value is -1.18. The Labute approximate surface area is 156 Å². The highest BCUT2D eigenvalue weighted by Crippen LogP contribution is 2.33. The zero-order valence-electron chi connectivity index (χ0n) is 14.0. The summed E-state index contributed by atoms with van der Waals surface area (Å²) in [5.74, 6) is -0.558. The van der Waals surface area contributed by atoms with Gasteiger partial charge in [0.05, 0.1) is 28.5 Å². The number of H-pyrrole nitrogens is 1. The third kappa shape index (κ3) is 5.15. The number of nitrogens with two attached hydrogens (primary N) is 1. The molecule has 3 N–H and O–H groups in total. The standard InChI is InChI=1S/C9H4Cl2FNO.C8H18N2O/c10-8-4(12)1-2-5-7(8)9(11)6(3-14)13-5;1-10-5-2-8(3-6-10)11-7-4-9/h1-3,13H;8H,2-7,9H2,1H3. The van der Waals surface area contributed by atoms with E-state index in [1.165, 1.54) is 12.1 Å². The Morgan fingerprint density at radius 2 is 2.04 bits per heavy atom. The topological polar surface area (TPSA) is 71.3 Å². The lowest BCUT2D eigenvalue weighted by Gasteiger charge is -2.28. The summed E-state index contributed by atoms with van der Waals surface area (Å²) in [4.78, 5) is 15.6. The van der Waals surface area contributed by atoms with Gasteiger partial charge in [0.1, 0.15) is 5.82 Å². The van der Waals surface area contributed by atoms with E-state index < -0.39 is 5.82 Å². The molecule has 0 radical (unpaired) electrons. The molecule has 0 unspecified atom stereocenters. The van der Waals surface area contributed by atoms with E-state index in [1.807, 2.05) is 0 Å². The highest BCUT2D eigenvalue weighted by atomic mass is 35.5. The molecule has 0 spiro atoms. The van der Waals surface area contributed by atoms with Gasteiger partial charge in [0.15, 0.2) is 6.29 Å². The Bertz CT molecular complexity index is 713. The number of likely N-dealkylation sites (tertiary alicyclic amines) is 1. The van der Waals surface area contributed by atoms with Crippen LogP contribution in [0.5, 0.6) is 0 Å². The molecule has 0 saturated carbocycles. The Balaban J connectivity index is 0.000000186. The molecule has 1 aromatic carbocycles. The molecule has 2 aromatic rings. The van der Waals surface area contributed by atoms with E-state index in [0.29, 0.717) is 36.4 Å². The van der Waals surface area contributed by atoms with Gasteiger partial charge in [0.2, 0.25) is 0 Å². The number of halogens is 3. The summed E-state index contributed by atoms with van der Waals surface area (Å²) in [7, 11) is 2.15. The van der Waals surface area contributed by atoms with Gasteiger partial charge in [-0.05, 0) is 32.0 Å². The summed E-state index contributed by atoms with van der Waals surface area (Å²) in [5.41, 5.74) is 6.09. The highest BCUT2D eigenvalue weighted by molar-refractivity contribution is 6.43. The quantitative estimate of drug-likeness (QED) is 0.785. The first-order valence-electron chi connectivity index (χ1n) is 8.08. The second-order valence-corrected chi connectivity index (χ2v) is 6.67. The molecule has 2 heterocycles. The van der Waals surface area contributed by atoms with Gasteiger partial charge in [0, 0.05) is 30.5 Å². The second kappa shape index (κ2) is 9.50. The summed E-state index contributed by atoms with van der Waals surface area (Å²) in [5, 5.41) is 0.423. The lowest BCUT2D eigenvalue weighted by atomic mass is 10.1. The number of carbonyl (C=O) groups is 1. The third-order valence-electron chi connectivity index (χ3n) is 4.07. The minimum atomic E-state index is -0.558. The SMILES string of the molecule is CN1CCC(OCCN)CC1.O=Cc1[nH]c2ccc(F)c(Cl)c2c1Cl. The van der Waals surface area contributed by atoms with Gasteiger partial charge in [-0.3, -0.25) is 4.79 Å². The van der Waals surface area contributed by atoms with Crippen LogP contribution in [0.3, 0.4) is 0 Å². The maximum absolute atomic E-state index is 13.0. The fraction of sp³-hybridized carbons (Fsp3) is 0.471. The minimum absolute atomic E-state index is 0.0724.